The molecule has 0 aliphatic carbocycles. The van der Waals surface area contributed by atoms with E-state index in [0.29, 0.717) is 11.7 Å². The van der Waals surface area contributed by atoms with Crippen LogP contribution in [0.2, 0.25) is 0 Å². The van der Waals surface area contributed by atoms with E-state index in [-0.39, 0.29) is 24.2 Å². The summed E-state index contributed by atoms with van der Waals surface area (Å²) in [4.78, 5) is 33.8. The van der Waals surface area contributed by atoms with E-state index in [1.807, 2.05) is 30.4 Å². The molecule has 6 nitrogen and oxygen atoms in total. The highest BCUT2D eigenvalue weighted by Crippen LogP contribution is 2.33. The summed E-state index contributed by atoms with van der Waals surface area (Å²) in [6, 6.07) is 6.17. The average molecular weight is 401 g/mol. The van der Waals surface area contributed by atoms with Crippen LogP contribution in [0.5, 0.6) is 0 Å². The van der Waals surface area contributed by atoms with Gasteiger partial charge in [-0.05, 0) is 38.1 Å². The number of para-hydroxylation sites is 1. The maximum absolute atomic E-state index is 12.7. The SMILES string of the molecule is CCc1cccc(CC)c1N1CC(C(=O)Nc2nc(CN(C)C)cs2)CC1=O. The van der Waals surface area contributed by atoms with Crippen LogP contribution < -0.4 is 10.2 Å². The van der Waals surface area contributed by atoms with Crippen molar-refractivity contribution in [2.24, 2.45) is 5.92 Å². The lowest BCUT2D eigenvalue weighted by molar-refractivity contribution is -0.122. The van der Waals surface area contributed by atoms with Crippen LogP contribution in [0.1, 0.15) is 37.1 Å². The van der Waals surface area contributed by atoms with Crippen molar-refractivity contribution in [2.75, 3.05) is 30.9 Å². The second-order valence-electron chi connectivity index (χ2n) is 7.41. The number of nitrogens with zero attached hydrogens (tertiary/aromatic N) is 3. The first-order valence-corrected chi connectivity index (χ1v) is 10.6. The molecule has 7 heteroatoms. The third kappa shape index (κ3) is 4.42. The zero-order valence-corrected chi connectivity index (χ0v) is 17.8. The summed E-state index contributed by atoms with van der Waals surface area (Å²) in [6.07, 6.45) is 1.96. The van der Waals surface area contributed by atoms with E-state index in [9.17, 15) is 9.59 Å². The number of thiazole rings is 1. The monoisotopic (exact) mass is 400 g/mol. The predicted octanol–water partition coefficient (Wildman–Crippen LogP) is 3.32. The van der Waals surface area contributed by atoms with E-state index in [1.54, 1.807) is 4.90 Å². The van der Waals surface area contributed by atoms with Gasteiger partial charge in [-0.3, -0.25) is 9.59 Å². The Morgan fingerprint density at radius 2 is 1.96 bits per heavy atom. The second kappa shape index (κ2) is 8.84. The average Bonchev–Trinajstić information content (AvgIpc) is 3.26. The summed E-state index contributed by atoms with van der Waals surface area (Å²) in [7, 11) is 3.96. The summed E-state index contributed by atoms with van der Waals surface area (Å²) in [5, 5.41) is 5.44. The number of nitrogens with one attached hydrogen (secondary N) is 1. The van der Waals surface area contributed by atoms with E-state index in [4.69, 9.17) is 0 Å². The van der Waals surface area contributed by atoms with Crippen molar-refractivity contribution in [2.45, 2.75) is 39.7 Å². The maximum Gasteiger partial charge on any atom is 0.231 e. The van der Waals surface area contributed by atoms with Crippen LogP contribution in [-0.4, -0.2) is 42.3 Å². The topological polar surface area (TPSA) is 65.5 Å². The highest BCUT2D eigenvalue weighted by molar-refractivity contribution is 7.13. The van der Waals surface area contributed by atoms with E-state index >= 15 is 0 Å². The molecular weight excluding hydrogens is 372 g/mol. The van der Waals surface area contributed by atoms with Crippen LogP contribution in [0, 0.1) is 5.92 Å². The molecule has 1 aliphatic rings. The van der Waals surface area contributed by atoms with Gasteiger partial charge in [0, 0.05) is 30.6 Å². The second-order valence-corrected chi connectivity index (χ2v) is 8.27. The molecule has 1 atom stereocenters. The lowest BCUT2D eigenvalue weighted by Gasteiger charge is -2.23. The number of hydrogen-bond acceptors (Lipinski definition) is 5. The molecule has 2 amide bonds. The fourth-order valence-corrected chi connectivity index (χ4v) is 4.33. The van der Waals surface area contributed by atoms with Gasteiger partial charge >= 0.3 is 0 Å². The molecule has 2 aromatic rings. The van der Waals surface area contributed by atoms with Crippen LogP contribution in [0.25, 0.3) is 0 Å². The van der Waals surface area contributed by atoms with Crippen molar-refractivity contribution in [1.82, 2.24) is 9.88 Å². The number of rotatable bonds is 7. The van der Waals surface area contributed by atoms with Crippen molar-refractivity contribution >= 4 is 34.0 Å². The van der Waals surface area contributed by atoms with Gasteiger partial charge in [0.05, 0.1) is 11.6 Å². The summed E-state index contributed by atoms with van der Waals surface area (Å²) in [6.45, 7) is 5.34. The first kappa shape index (κ1) is 20.5. The van der Waals surface area contributed by atoms with Crippen molar-refractivity contribution < 1.29 is 9.59 Å². The molecule has 1 aliphatic heterocycles. The standard InChI is InChI=1S/C21H28N4O2S/c1-5-14-8-7-9-15(6-2)19(14)25-11-16(10-18(25)26)20(27)23-21-22-17(13-28-21)12-24(3)4/h7-9,13,16H,5-6,10-12H2,1-4H3,(H,22,23,27). The molecule has 28 heavy (non-hydrogen) atoms. The van der Waals surface area contributed by atoms with Gasteiger partial charge in [0.1, 0.15) is 0 Å². The smallest absolute Gasteiger partial charge is 0.231 e. The number of amides is 2. The largest absolute Gasteiger partial charge is 0.311 e. The molecule has 150 valence electrons. The van der Waals surface area contributed by atoms with E-state index in [2.05, 4.69) is 36.3 Å². The van der Waals surface area contributed by atoms with Crippen molar-refractivity contribution in [3.05, 3.63) is 40.4 Å². The Balaban J connectivity index is 1.72. The molecule has 0 radical (unpaired) electrons. The van der Waals surface area contributed by atoms with Crippen LogP contribution >= 0.6 is 11.3 Å². The van der Waals surface area contributed by atoms with Crippen LogP contribution in [0.15, 0.2) is 23.6 Å². The van der Waals surface area contributed by atoms with E-state index in [1.165, 1.54) is 11.3 Å². The van der Waals surface area contributed by atoms with E-state index < -0.39 is 0 Å². The number of aromatic nitrogens is 1. The molecule has 0 saturated carbocycles. The maximum atomic E-state index is 12.7. The summed E-state index contributed by atoms with van der Waals surface area (Å²) < 4.78 is 0. The predicted molar refractivity (Wildman–Crippen MR) is 114 cm³/mol. The van der Waals surface area contributed by atoms with Gasteiger partial charge in [-0.2, -0.15) is 0 Å². The Hall–Kier alpha value is -2.25. The molecule has 0 spiro atoms. The Bertz CT molecular complexity index is 840. The first-order valence-electron chi connectivity index (χ1n) is 9.74. The normalized spacial score (nSPS) is 16.8. The van der Waals surface area contributed by atoms with Crippen LogP contribution in [0.3, 0.4) is 0 Å². The molecule has 1 aromatic carbocycles. The molecule has 1 fully saturated rings. The van der Waals surface area contributed by atoms with Crippen molar-refractivity contribution in [1.29, 1.82) is 0 Å². The van der Waals surface area contributed by atoms with Gasteiger partial charge in [0.25, 0.3) is 0 Å². The van der Waals surface area contributed by atoms with Gasteiger partial charge in [0.2, 0.25) is 11.8 Å². The highest BCUT2D eigenvalue weighted by Gasteiger charge is 2.36. The molecule has 1 aromatic heterocycles. The third-order valence-electron chi connectivity index (χ3n) is 4.99. The number of hydrogen-bond donors (Lipinski definition) is 1. The fourth-order valence-electron chi connectivity index (χ4n) is 3.63. The number of carbonyl (C=O) groups is 2. The van der Waals surface area contributed by atoms with Crippen molar-refractivity contribution in [3.63, 3.8) is 0 Å². The summed E-state index contributed by atoms with van der Waals surface area (Å²) in [5.41, 5.74) is 4.23. The highest BCUT2D eigenvalue weighted by atomic mass is 32.1. The Labute approximate surface area is 170 Å². The first-order chi connectivity index (χ1) is 13.4. The number of carbonyl (C=O) groups excluding carboxylic acids is 2. The quantitative estimate of drug-likeness (QED) is 0.774. The lowest BCUT2D eigenvalue weighted by atomic mass is 10.0. The van der Waals surface area contributed by atoms with E-state index in [0.717, 1.165) is 41.9 Å². The molecule has 1 N–H and O–H groups in total. The molecule has 3 rings (SSSR count). The third-order valence-corrected chi connectivity index (χ3v) is 5.80. The summed E-state index contributed by atoms with van der Waals surface area (Å²) in [5.74, 6) is -0.472. The van der Waals surface area contributed by atoms with Gasteiger partial charge in [-0.1, -0.05) is 32.0 Å². The van der Waals surface area contributed by atoms with Crippen LogP contribution in [-0.2, 0) is 29.0 Å². The minimum absolute atomic E-state index is 0.0168. The number of anilines is 2. The zero-order valence-electron chi connectivity index (χ0n) is 17.0. The molecular formula is C21H28N4O2S. The molecule has 0 bridgehead atoms. The molecule has 1 saturated heterocycles. The molecule has 2 heterocycles. The number of benzene rings is 1. The molecule has 1 unspecified atom stereocenters. The van der Waals surface area contributed by atoms with Crippen LogP contribution in [0.4, 0.5) is 10.8 Å². The minimum Gasteiger partial charge on any atom is -0.311 e. The zero-order chi connectivity index (χ0) is 20.3. The Morgan fingerprint density at radius 1 is 1.29 bits per heavy atom. The van der Waals surface area contributed by atoms with Gasteiger partial charge in [-0.15, -0.1) is 11.3 Å². The number of aryl methyl sites for hydroxylation is 2. The van der Waals surface area contributed by atoms with Gasteiger partial charge in [0.15, 0.2) is 5.13 Å². The lowest BCUT2D eigenvalue weighted by Crippen LogP contribution is -2.29. The van der Waals surface area contributed by atoms with Crippen molar-refractivity contribution in [3.8, 4) is 0 Å². The van der Waals surface area contributed by atoms with Gasteiger partial charge < -0.3 is 15.1 Å². The Kier molecular flexibility index (Phi) is 6.46. The Morgan fingerprint density at radius 3 is 2.57 bits per heavy atom. The minimum atomic E-state index is -0.358. The summed E-state index contributed by atoms with van der Waals surface area (Å²) >= 11 is 1.42. The fraction of sp³-hybridized carbons (Fsp3) is 0.476. The van der Waals surface area contributed by atoms with Gasteiger partial charge in [-0.25, -0.2) is 4.98 Å².